The molecule has 0 fully saturated rings. The van der Waals surface area contributed by atoms with Crippen LogP contribution in [0.15, 0.2) is 74.9 Å². The molecule has 1 aliphatic carbocycles. The summed E-state index contributed by atoms with van der Waals surface area (Å²) in [7, 11) is -19.3. The summed E-state index contributed by atoms with van der Waals surface area (Å²) in [5.41, 5.74) is 5.30. The van der Waals surface area contributed by atoms with Gasteiger partial charge in [-0.1, -0.05) is 36.8 Å². The first kappa shape index (κ1) is 50.3. The summed E-state index contributed by atoms with van der Waals surface area (Å²) in [6.45, 7) is -0.188. The fourth-order valence-electron chi connectivity index (χ4n) is 7.14. The first-order valence-corrected chi connectivity index (χ1v) is 25.8. The Morgan fingerprint density at radius 1 is 0.908 bits per heavy atom. The number of nitrogens with two attached hydrogens (primary N) is 1. The van der Waals surface area contributed by atoms with Gasteiger partial charge in [-0.05, 0) is 62.1 Å². The van der Waals surface area contributed by atoms with Gasteiger partial charge in [0.25, 0.3) is 32.2 Å². The number of nitrogens with one attached hydrogen (secondary N) is 5. The quantitative estimate of drug-likeness (QED) is 0.0427. The van der Waals surface area contributed by atoms with Crippen LogP contribution in [0, 0.1) is 10.3 Å². The van der Waals surface area contributed by atoms with Crippen molar-refractivity contribution in [1.29, 1.82) is 5.41 Å². The van der Waals surface area contributed by atoms with E-state index in [-0.39, 0.29) is 83.3 Å². The maximum absolute atomic E-state index is 14.2. The van der Waals surface area contributed by atoms with Crippen molar-refractivity contribution < 1.29 is 71.4 Å². The maximum atomic E-state index is 14.2. The molecule has 23 nitrogen and oxygen atoms in total. The number of benzene rings is 3. The van der Waals surface area contributed by atoms with Crippen LogP contribution >= 0.6 is 0 Å². The van der Waals surface area contributed by atoms with Crippen molar-refractivity contribution >= 4 is 74.7 Å². The van der Waals surface area contributed by atoms with Crippen LogP contribution in [0.3, 0.4) is 0 Å². The van der Waals surface area contributed by atoms with E-state index in [4.69, 9.17) is 15.6 Å². The standard InChI is InChI=1S/C38H45N7O16S4/c1-22-9-6-8-17-41-37(47)30(21-63(54,55)56)45(50)19-23(20-62(51,52)53)43-31(46)12-3-2-7-18-42-64(57,58)35-28(39)15-13-26-32(24-10-4-5-11-25(24)38(48)49)27-14-16-29(40)36(65(59,60)44-22)34(27)61-33(26)35/h4-6,9-11,13-16,22-23,30,42,44H,2-3,7-8,12,17-21H2,1H3,(H7-,39,40,41,43,46,47,48,49,51,52,53,54,55,56)/p+1. The largest absolute Gasteiger partial charge is 0.478 e. The second-order valence-electron chi connectivity index (χ2n) is 15.0. The Bertz CT molecular complexity index is 3050. The zero-order chi connectivity index (χ0) is 48.1. The van der Waals surface area contributed by atoms with Gasteiger partial charge in [0, 0.05) is 51.7 Å². The van der Waals surface area contributed by atoms with E-state index in [1.54, 1.807) is 0 Å². The molecule has 5 rings (SSSR count). The number of nitrogen functional groups attached to an aromatic ring is 1. The van der Waals surface area contributed by atoms with Gasteiger partial charge in [0.2, 0.25) is 32.5 Å². The van der Waals surface area contributed by atoms with E-state index in [0.717, 1.165) is 6.07 Å². The molecule has 2 bridgehead atoms. The number of amides is 2. The number of carboxylic acids is 1. The second kappa shape index (κ2) is 20.2. The molecular formula is C38H46N7O16S4+. The molecule has 3 aliphatic rings. The second-order valence-corrected chi connectivity index (χ2v) is 21.4. The van der Waals surface area contributed by atoms with Crippen molar-refractivity contribution in [3.8, 4) is 22.5 Å². The number of carbonyl (C=O) groups excluding carboxylic acids is 2. The van der Waals surface area contributed by atoms with Crippen LogP contribution < -0.4 is 31.2 Å². The summed E-state index contributed by atoms with van der Waals surface area (Å²) in [5, 5.41) is 22.9. The Balaban J connectivity index is 1.62. The lowest BCUT2D eigenvalue weighted by molar-refractivity contribution is -0.570. The summed E-state index contributed by atoms with van der Waals surface area (Å²) in [4.78, 5) is 50.2. The van der Waals surface area contributed by atoms with Crippen LogP contribution in [0.1, 0.15) is 49.4 Å². The molecule has 2 aliphatic heterocycles. The third-order valence-electron chi connectivity index (χ3n) is 9.91. The molecule has 10 N–H and O–H groups in total. The van der Waals surface area contributed by atoms with E-state index in [9.17, 15) is 67.2 Å². The van der Waals surface area contributed by atoms with Crippen LogP contribution in [-0.4, -0.2) is 120 Å². The molecule has 0 saturated carbocycles. The molecule has 0 aromatic heterocycles. The van der Waals surface area contributed by atoms with Crippen LogP contribution in [0.25, 0.3) is 33.4 Å². The lowest BCUT2D eigenvalue weighted by Gasteiger charge is -2.21. The van der Waals surface area contributed by atoms with Crippen molar-refractivity contribution in [1.82, 2.24) is 20.1 Å². The third kappa shape index (κ3) is 12.8. The minimum absolute atomic E-state index is 0.00118. The molecule has 352 valence electrons. The molecule has 65 heavy (non-hydrogen) atoms. The average Bonchev–Trinajstić information content (AvgIpc) is 3.18. The maximum Gasteiger partial charge on any atom is 0.336 e. The Labute approximate surface area is 372 Å². The zero-order valence-electron chi connectivity index (χ0n) is 34.4. The number of rotatable bonds is 6. The van der Waals surface area contributed by atoms with Crippen molar-refractivity contribution in [2.75, 3.05) is 36.9 Å². The van der Waals surface area contributed by atoms with Crippen molar-refractivity contribution in [2.45, 2.75) is 66.9 Å². The van der Waals surface area contributed by atoms with Gasteiger partial charge in [-0.25, -0.2) is 31.1 Å². The van der Waals surface area contributed by atoms with Crippen molar-refractivity contribution in [3.05, 3.63) is 76.5 Å². The lowest BCUT2D eigenvalue weighted by Crippen LogP contribution is -2.51. The molecule has 0 radical (unpaired) electrons. The summed E-state index contributed by atoms with van der Waals surface area (Å²) >= 11 is 0. The highest BCUT2D eigenvalue weighted by atomic mass is 32.2. The molecule has 0 spiro atoms. The Morgan fingerprint density at radius 3 is 2.28 bits per heavy atom. The number of nitroso groups, excluding NO2 is 1. The van der Waals surface area contributed by atoms with Crippen LogP contribution in [-0.2, 0) is 49.9 Å². The molecular weight excluding hydrogens is 939 g/mol. The lowest BCUT2D eigenvalue weighted by atomic mass is 9.90. The number of carboxylic acid groups (broad SMARTS) is 1. The molecule has 0 saturated heterocycles. The van der Waals surface area contributed by atoms with Gasteiger partial charge < -0.3 is 25.9 Å². The van der Waals surface area contributed by atoms with E-state index in [1.165, 1.54) is 61.5 Å². The molecule has 2 amide bonds. The smallest absolute Gasteiger partial charge is 0.336 e. The monoisotopic (exact) mass is 984 g/mol. The molecule has 27 heteroatoms. The van der Waals surface area contributed by atoms with Gasteiger partial charge in [-0.2, -0.15) is 16.8 Å². The van der Waals surface area contributed by atoms with Crippen molar-refractivity contribution in [3.63, 3.8) is 0 Å². The third-order valence-corrected chi connectivity index (χ3v) is 14.6. The molecule has 3 atom stereocenters. The minimum Gasteiger partial charge on any atom is -0.478 e. The minimum atomic E-state index is -5.00. The van der Waals surface area contributed by atoms with Crippen LogP contribution in [0.4, 0.5) is 5.69 Å². The topological polar surface area (TPSA) is 380 Å². The highest BCUT2D eigenvalue weighted by Gasteiger charge is 2.40. The highest BCUT2D eigenvalue weighted by Crippen LogP contribution is 2.45. The fourth-order valence-corrected chi connectivity index (χ4v) is 11.3. The zero-order valence-corrected chi connectivity index (χ0v) is 37.6. The first-order valence-electron chi connectivity index (χ1n) is 19.6. The molecule has 2 heterocycles. The number of hydrogen-bond donors (Lipinski definition) is 9. The predicted octanol–water partition coefficient (Wildman–Crippen LogP) is 0.954. The summed E-state index contributed by atoms with van der Waals surface area (Å²) in [6.07, 6.45) is 2.68. The van der Waals surface area contributed by atoms with Crippen LogP contribution in [0.2, 0.25) is 0 Å². The van der Waals surface area contributed by atoms with Gasteiger partial charge in [0.05, 0.1) is 16.6 Å². The summed E-state index contributed by atoms with van der Waals surface area (Å²) in [5.74, 6) is -6.59. The van der Waals surface area contributed by atoms with E-state index in [1.807, 2.05) is 0 Å². The number of sulfonamides is 2. The van der Waals surface area contributed by atoms with Gasteiger partial charge in [-0.15, -0.1) is 0 Å². The van der Waals surface area contributed by atoms with E-state index in [0.29, 0.717) is 0 Å². The number of hydrogen-bond acceptors (Lipinski definition) is 15. The fraction of sp³-hybridized carbons (Fsp3) is 0.368. The Kier molecular flexibility index (Phi) is 15.7. The molecule has 2 aromatic carbocycles. The normalized spacial score (nSPS) is 21.2. The van der Waals surface area contributed by atoms with Gasteiger partial charge in [-0.3, -0.25) is 24.1 Å². The van der Waals surface area contributed by atoms with Gasteiger partial charge >= 0.3 is 5.97 Å². The van der Waals surface area contributed by atoms with Gasteiger partial charge in [0.15, 0.2) is 22.0 Å². The number of carbonyl (C=O) groups is 3. The van der Waals surface area contributed by atoms with E-state index < -0.39 is 121 Å². The average molecular weight is 985 g/mol. The predicted molar refractivity (Wildman–Crippen MR) is 233 cm³/mol. The number of aromatic carboxylic acids is 1. The molecule has 3 unspecified atom stereocenters. The Hall–Kier alpha value is -5.68. The number of anilines is 1. The van der Waals surface area contributed by atoms with Crippen LogP contribution in [0.5, 0.6) is 0 Å². The highest BCUT2D eigenvalue weighted by molar-refractivity contribution is 7.90. The summed E-state index contributed by atoms with van der Waals surface area (Å²) in [6, 6.07) is 5.91. The van der Waals surface area contributed by atoms with Gasteiger partial charge in [0.1, 0.15) is 16.7 Å². The Morgan fingerprint density at radius 2 is 1.60 bits per heavy atom. The summed E-state index contributed by atoms with van der Waals surface area (Å²) < 4.78 is 134. The number of nitrogens with zero attached hydrogens (tertiary/aromatic N) is 1. The molecule has 2 aromatic rings. The SMILES string of the molecule is CC1C=CCCNC(=O)C(CS(=O)(=O)O)[N+](=O)CC(CS(=O)(=O)O)NC(=O)CCCCCNS(=O)(=O)c2c3oc4c(c(N)ccc4c(-c4ccccc4C(=O)O)c-3ccc2=N)S(=O)(=O)N1. The van der Waals surface area contributed by atoms with E-state index in [2.05, 4.69) is 20.1 Å². The first-order chi connectivity index (χ1) is 30.3. The van der Waals surface area contributed by atoms with Crippen molar-refractivity contribution in [2.24, 2.45) is 0 Å². The van der Waals surface area contributed by atoms with E-state index >= 15 is 0 Å².